The van der Waals surface area contributed by atoms with Gasteiger partial charge in [-0.2, -0.15) is 8.42 Å². The van der Waals surface area contributed by atoms with Crippen LogP contribution < -0.4 is 5.32 Å². The third kappa shape index (κ3) is 2.48. The zero-order chi connectivity index (χ0) is 14.0. The Balaban J connectivity index is 1.94. The lowest BCUT2D eigenvalue weighted by molar-refractivity contribution is 0.598. The molecule has 0 unspecified atom stereocenters. The fraction of sp³-hybridized carbons (Fsp3) is 0. The van der Waals surface area contributed by atoms with Gasteiger partial charge in [0.1, 0.15) is 10.7 Å². The van der Waals surface area contributed by atoms with Gasteiger partial charge in [-0.05, 0) is 23.8 Å². The van der Waals surface area contributed by atoms with Crippen molar-refractivity contribution < 1.29 is 8.42 Å². The number of fused-ring (bicyclic) bond motifs is 1. The maximum Gasteiger partial charge on any atom is 0.286 e. The normalized spacial score (nSPS) is 16.3. The zero-order valence-electron chi connectivity index (χ0n) is 10.5. The largest absolute Gasteiger partial charge is 0.338 e. The van der Waals surface area contributed by atoms with Crippen molar-refractivity contribution in [2.75, 3.05) is 5.32 Å². The van der Waals surface area contributed by atoms with Gasteiger partial charge in [0.15, 0.2) is 0 Å². The third-order valence-corrected chi connectivity index (χ3v) is 4.23. The summed E-state index contributed by atoms with van der Waals surface area (Å²) in [5, 5.41) is 3.01. The van der Waals surface area contributed by atoms with E-state index in [0.29, 0.717) is 11.5 Å². The molecule has 1 aliphatic rings. The highest BCUT2D eigenvalue weighted by Gasteiger charge is 2.22. The van der Waals surface area contributed by atoms with Crippen LogP contribution in [0.3, 0.4) is 0 Å². The quantitative estimate of drug-likeness (QED) is 0.922. The first-order valence-corrected chi connectivity index (χ1v) is 7.53. The molecular formula is C15H12N2O2S. The summed E-state index contributed by atoms with van der Waals surface area (Å²) in [7, 11) is -3.62. The molecule has 4 nitrogen and oxygen atoms in total. The second-order valence-electron chi connectivity index (χ2n) is 4.32. The summed E-state index contributed by atoms with van der Waals surface area (Å²) in [5.41, 5.74) is 1.53. The molecule has 0 bridgehead atoms. The molecule has 0 saturated carbocycles. The van der Waals surface area contributed by atoms with E-state index >= 15 is 0 Å². The topological polar surface area (TPSA) is 58.5 Å². The van der Waals surface area contributed by atoms with E-state index in [1.54, 1.807) is 30.3 Å². The van der Waals surface area contributed by atoms with Crippen molar-refractivity contribution in [1.29, 1.82) is 0 Å². The zero-order valence-corrected chi connectivity index (χ0v) is 11.3. The first-order chi connectivity index (χ1) is 9.65. The number of nitrogens with zero attached hydrogens (tertiary/aromatic N) is 1. The number of benzene rings is 2. The van der Waals surface area contributed by atoms with Crippen LogP contribution >= 0.6 is 0 Å². The van der Waals surface area contributed by atoms with Gasteiger partial charge in [0, 0.05) is 0 Å². The summed E-state index contributed by atoms with van der Waals surface area (Å²) in [6, 6.07) is 16.4. The van der Waals surface area contributed by atoms with Crippen LogP contribution in [-0.2, 0) is 10.0 Å². The second kappa shape index (κ2) is 4.94. The van der Waals surface area contributed by atoms with Gasteiger partial charge in [-0.15, -0.1) is 4.40 Å². The van der Waals surface area contributed by atoms with E-state index < -0.39 is 10.0 Å². The summed E-state index contributed by atoms with van der Waals surface area (Å²) in [4.78, 5) is 0.205. The molecule has 2 aromatic rings. The molecule has 0 amide bonds. The number of hydrogen-bond acceptors (Lipinski definition) is 3. The number of anilines is 1. The van der Waals surface area contributed by atoms with Crippen LogP contribution in [-0.4, -0.2) is 14.3 Å². The average Bonchev–Trinajstić information content (AvgIpc) is 2.46. The Morgan fingerprint density at radius 1 is 0.900 bits per heavy atom. The molecule has 100 valence electrons. The van der Waals surface area contributed by atoms with Crippen LogP contribution in [0.2, 0.25) is 0 Å². The van der Waals surface area contributed by atoms with Crippen molar-refractivity contribution in [3.8, 4) is 0 Å². The highest BCUT2D eigenvalue weighted by Crippen LogP contribution is 2.26. The summed E-state index contributed by atoms with van der Waals surface area (Å²) < 4.78 is 27.8. The van der Waals surface area contributed by atoms with E-state index in [-0.39, 0.29) is 4.90 Å². The van der Waals surface area contributed by atoms with Gasteiger partial charge < -0.3 is 5.32 Å². The molecule has 0 radical (unpaired) electrons. The van der Waals surface area contributed by atoms with Crippen molar-refractivity contribution in [2.45, 2.75) is 4.90 Å². The molecule has 0 saturated heterocycles. The Kier molecular flexibility index (Phi) is 3.12. The second-order valence-corrected chi connectivity index (χ2v) is 5.89. The monoisotopic (exact) mass is 284 g/mol. The van der Waals surface area contributed by atoms with E-state index in [0.717, 1.165) is 5.56 Å². The SMILES string of the molecule is O=S1(=O)N=C(C=Cc2ccccc2)Nc2ccccc21. The molecule has 0 atom stereocenters. The summed E-state index contributed by atoms with van der Waals surface area (Å²) in [5.74, 6) is 0.313. The van der Waals surface area contributed by atoms with Crippen molar-refractivity contribution in [2.24, 2.45) is 4.40 Å². The lowest BCUT2D eigenvalue weighted by Gasteiger charge is -2.15. The van der Waals surface area contributed by atoms with E-state index in [1.165, 1.54) is 0 Å². The summed E-state index contributed by atoms with van der Waals surface area (Å²) >= 11 is 0. The van der Waals surface area contributed by atoms with Gasteiger partial charge >= 0.3 is 0 Å². The predicted octanol–water partition coefficient (Wildman–Crippen LogP) is 2.91. The van der Waals surface area contributed by atoms with E-state index in [2.05, 4.69) is 9.71 Å². The van der Waals surface area contributed by atoms with Crippen LogP contribution in [0.4, 0.5) is 5.69 Å². The highest BCUT2D eigenvalue weighted by atomic mass is 32.2. The summed E-state index contributed by atoms with van der Waals surface area (Å²) in [6.07, 6.45) is 3.47. The van der Waals surface area contributed by atoms with E-state index in [4.69, 9.17) is 0 Å². The molecule has 0 aromatic heterocycles. The Morgan fingerprint density at radius 2 is 1.60 bits per heavy atom. The average molecular weight is 284 g/mol. The fourth-order valence-corrected chi connectivity index (χ4v) is 3.06. The smallest absolute Gasteiger partial charge is 0.286 e. The number of sulfonamides is 1. The molecule has 0 aliphatic carbocycles. The van der Waals surface area contributed by atoms with Gasteiger partial charge in [0.25, 0.3) is 10.0 Å². The molecule has 3 rings (SSSR count). The van der Waals surface area contributed by atoms with Gasteiger partial charge in [-0.3, -0.25) is 0 Å². The first-order valence-electron chi connectivity index (χ1n) is 6.09. The maximum absolute atomic E-state index is 12.0. The Morgan fingerprint density at radius 3 is 2.40 bits per heavy atom. The molecule has 20 heavy (non-hydrogen) atoms. The maximum atomic E-state index is 12.0. The van der Waals surface area contributed by atoms with E-state index in [9.17, 15) is 8.42 Å². The third-order valence-electron chi connectivity index (χ3n) is 2.88. The van der Waals surface area contributed by atoms with Crippen LogP contribution in [0.25, 0.3) is 6.08 Å². The molecule has 2 aromatic carbocycles. The molecule has 0 spiro atoms. The lowest BCUT2D eigenvalue weighted by Crippen LogP contribution is -2.19. The molecule has 0 fully saturated rings. The van der Waals surface area contributed by atoms with Gasteiger partial charge in [0.05, 0.1) is 5.69 Å². The Bertz CT molecular complexity index is 794. The first kappa shape index (κ1) is 12.6. The van der Waals surface area contributed by atoms with Gasteiger partial charge in [0.2, 0.25) is 0 Å². The molecule has 5 heteroatoms. The number of hydrogen-bond donors (Lipinski definition) is 1. The highest BCUT2D eigenvalue weighted by molar-refractivity contribution is 7.90. The van der Waals surface area contributed by atoms with Crippen LogP contribution in [0.15, 0.2) is 70.0 Å². The van der Waals surface area contributed by atoms with Gasteiger partial charge in [-0.1, -0.05) is 48.5 Å². The number of para-hydroxylation sites is 1. The minimum Gasteiger partial charge on any atom is -0.338 e. The predicted molar refractivity (Wildman–Crippen MR) is 80.2 cm³/mol. The number of nitrogens with one attached hydrogen (secondary N) is 1. The molecule has 1 N–H and O–H groups in total. The number of rotatable bonds is 2. The number of amidine groups is 1. The molecule has 1 heterocycles. The van der Waals surface area contributed by atoms with Crippen LogP contribution in [0.5, 0.6) is 0 Å². The van der Waals surface area contributed by atoms with Crippen molar-refractivity contribution in [3.05, 3.63) is 66.2 Å². The Hall–Kier alpha value is -2.40. The fourth-order valence-electron chi connectivity index (χ4n) is 1.95. The minimum absolute atomic E-state index is 0.205. The minimum atomic E-state index is -3.62. The standard InChI is InChI=1S/C15H12N2O2S/c18-20(19)14-9-5-4-8-13(14)16-15(17-20)11-10-12-6-2-1-3-7-12/h1-11H,(H,16,17). The van der Waals surface area contributed by atoms with E-state index in [1.807, 2.05) is 36.4 Å². The molecular weight excluding hydrogens is 272 g/mol. The Labute approximate surface area is 117 Å². The van der Waals surface area contributed by atoms with Gasteiger partial charge in [-0.25, -0.2) is 0 Å². The molecule has 1 aliphatic heterocycles. The van der Waals surface area contributed by atoms with Crippen LogP contribution in [0.1, 0.15) is 5.56 Å². The van der Waals surface area contributed by atoms with Crippen molar-refractivity contribution in [1.82, 2.24) is 0 Å². The van der Waals surface area contributed by atoms with Crippen molar-refractivity contribution >= 4 is 27.6 Å². The lowest BCUT2D eigenvalue weighted by atomic mass is 10.2. The van der Waals surface area contributed by atoms with Crippen molar-refractivity contribution in [3.63, 3.8) is 0 Å². The summed E-state index contributed by atoms with van der Waals surface area (Å²) in [6.45, 7) is 0. The van der Waals surface area contributed by atoms with Crippen LogP contribution in [0, 0.1) is 0 Å².